The minimum Gasteiger partial charge on any atom is -0.466 e. The van der Waals surface area contributed by atoms with Crippen LogP contribution >= 0.6 is 0 Å². The SMILES string of the molecule is C=CC1C[C@](C)(C(=O)OC)OC(C(OC)c2ccccc2)=[N+]1C. The Morgan fingerprint density at radius 1 is 1.43 bits per heavy atom. The van der Waals surface area contributed by atoms with Crippen molar-refractivity contribution in [1.82, 2.24) is 0 Å². The molecule has 5 heteroatoms. The van der Waals surface area contributed by atoms with Crippen molar-refractivity contribution in [2.24, 2.45) is 0 Å². The quantitative estimate of drug-likeness (QED) is 0.475. The van der Waals surface area contributed by atoms with Crippen molar-refractivity contribution >= 4 is 11.9 Å². The van der Waals surface area contributed by atoms with E-state index in [2.05, 4.69) is 6.58 Å². The molecular weight excluding hydrogens is 294 g/mol. The summed E-state index contributed by atoms with van der Waals surface area (Å²) in [5.41, 5.74) is -0.116. The van der Waals surface area contributed by atoms with Gasteiger partial charge in [0.1, 0.15) is 7.05 Å². The summed E-state index contributed by atoms with van der Waals surface area (Å²) >= 11 is 0. The number of ether oxygens (including phenoxy) is 3. The van der Waals surface area contributed by atoms with Crippen LogP contribution in [-0.2, 0) is 19.0 Å². The molecule has 2 unspecified atom stereocenters. The molecule has 0 spiro atoms. The first-order valence-corrected chi connectivity index (χ1v) is 7.54. The van der Waals surface area contributed by atoms with Gasteiger partial charge in [-0.25, -0.2) is 4.79 Å². The molecule has 1 aromatic carbocycles. The maximum Gasteiger partial charge on any atom is 0.372 e. The molecule has 0 N–H and O–H groups in total. The van der Waals surface area contributed by atoms with Crippen LogP contribution in [0.1, 0.15) is 25.0 Å². The van der Waals surface area contributed by atoms with E-state index in [1.54, 1.807) is 20.1 Å². The van der Waals surface area contributed by atoms with E-state index >= 15 is 0 Å². The van der Waals surface area contributed by atoms with E-state index in [4.69, 9.17) is 14.2 Å². The van der Waals surface area contributed by atoms with Crippen LogP contribution in [0.25, 0.3) is 0 Å². The van der Waals surface area contributed by atoms with E-state index in [1.165, 1.54) is 7.11 Å². The Balaban J connectivity index is 2.48. The van der Waals surface area contributed by atoms with Crippen LogP contribution in [0.15, 0.2) is 43.0 Å². The molecule has 0 fully saturated rings. The molecule has 1 aliphatic rings. The first-order chi connectivity index (χ1) is 11.0. The Morgan fingerprint density at radius 3 is 2.61 bits per heavy atom. The number of methoxy groups -OCH3 is 2. The molecular formula is C18H24NO4+. The van der Waals surface area contributed by atoms with Gasteiger partial charge in [0.15, 0.2) is 6.04 Å². The number of rotatable bonds is 5. The van der Waals surface area contributed by atoms with Gasteiger partial charge in [0.2, 0.25) is 11.7 Å². The smallest absolute Gasteiger partial charge is 0.372 e. The average Bonchev–Trinajstić information content (AvgIpc) is 2.58. The molecule has 0 saturated heterocycles. The lowest BCUT2D eigenvalue weighted by Crippen LogP contribution is -2.53. The summed E-state index contributed by atoms with van der Waals surface area (Å²) in [6.07, 6.45) is 1.86. The molecule has 0 bridgehead atoms. The van der Waals surface area contributed by atoms with Crippen molar-refractivity contribution < 1.29 is 23.6 Å². The lowest BCUT2D eigenvalue weighted by Gasteiger charge is -2.34. The summed E-state index contributed by atoms with van der Waals surface area (Å²) in [7, 11) is 4.89. The molecule has 124 valence electrons. The van der Waals surface area contributed by atoms with Gasteiger partial charge in [0, 0.05) is 7.11 Å². The number of carbonyl (C=O) groups excluding carboxylic acids is 1. The normalized spacial score (nSPS) is 25.5. The number of carbonyl (C=O) groups is 1. The second-order valence-corrected chi connectivity index (χ2v) is 5.81. The van der Waals surface area contributed by atoms with E-state index < -0.39 is 17.7 Å². The predicted octanol–water partition coefficient (Wildman–Crippen LogP) is 2.32. The number of likely N-dealkylation sites (N-methyl/N-ethyl adjacent to an activating group) is 1. The third kappa shape index (κ3) is 3.29. The molecule has 3 atom stereocenters. The summed E-state index contributed by atoms with van der Waals surface area (Å²) in [6, 6.07) is 9.70. The molecule has 0 amide bonds. The van der Waals surface area contributed by atoms with Gasteiger partial charge in [-0.15, -0.1) is 0 Å². The highest BCUT2D eigenvalue weighted by molar-refractivity contribution is 5.86. The van der Waals surface area contributed by atoms with E-state index in [0.29, 0.717) is 12.3 Å². The number of hydrogen-bond acceptors (Lipinski definition) is 4. The first kappa shape index (κ1) is 17.2. The van der Waals surface area contributed by atoms with Crippen LogP contribution < -0.4 is 0 Å². The predicted molar refractivity (Wildman–Crippen MR) is 87.5 cm³/mol. The summed E-state index contributed by atoms with van der Waals surface area (Å²) < 4.78 is 18.6. The fourth-order valence-corrected chi connectivity index (χ4v) is 2.87. The van der Waals surface area contributed by atoms with E-state index in [-0.39, 0.29) is 6.04 Å². The zero-order valence-electron chi connectivity index (χ0n) is 14.1. The van der Waals surface area contributed by atoms with Crippen molar-refractivity contribution in [3.05, 3.63) is 48.6 Å². The van der Waals surface area contributed by atoms with Gasteiger partial charge < -0.3 is 14.2 Å². The monoisotopic (exact) mass is 318 g/mol. The molecule has 2 rings (SSSR count). The standard InChI is InChI=1S/C18H24NO4/c1-6-14-12-18(2,17(20)22-5)23-16(19(14)3)15(21-4)13-10-8-7-9-11-13/h6-11,14-15H,1,12H2,2-5H3/q+1/t14?,15?,18-/m1/s1. The highest BCUT2D eigenvalue weighted by atomic mass is 16.6. The maximum atomic E-state index is 12.2. The second-order valence-electron chi connectivity index (χ2n) is 5.81. The van der Waals surface area contributed by atoms with Crippen molar-refractivity contribution in [3.63, 3.8) is 0 Å². The van der Waals surface area contributed by atoms with Gasteiger partial charge in [-0.3, -0.25) is 0 Å². The average molecular weight is 318 g/mol. The Kier molecular flexibility index (Phi) is 5.21. The number of benzene rings is 1. The lowest BCUT2D eigenvalue weighted by atomic mass is 9.93. The third-order valence-corrected chi connectivity index (χ3v) is 4.23. The highest BCUT2D eigenvalue weighted by Crippen LogP contribution is 2.31. The van der Waals surface area contributed by atoms with Gasteiger partial charge in [-0.05, 0) is 18.6 Å². The van der Waals surface area contributed by atoms with Gasteiger partial charge in [-0.1, -0.05) is 36.9 Å². The van der Waals surface area contributed by atoms with Gasteiger partial charge in [0.05, 0.1) is 13.5 Å². The Bertz CT molecular complexity index is 611. The molecule has 0 radical (unpaired) electrons. The lowest BCUT2D eigenvalue weighted by molar-refractivity contribution is -0.552. The molecule has 1 heterocycles. The fraction of sp³-hybridized carbons (Fsp3) is 0.444. The van der Waals surface area contributed by atoms with E-state index in [1.807, 2.05) is 42.0 Å². The van der Waals surface area contributed by atoms with Crippen LogP contribution in [0.5, 0.6) is 0 Å². The molecule has 0 saturated carbocycles. The van der Waals surface area contributed by atoms with Gasteiger partial charge in [-0.2, -0.15) is 4.58 Å². The topological polar surface area (TPSA) is 47.8 Å². The van der Waals surface area contributed by atoms with Crippen LogP contribution in [0.2, 0.25) is 0 Å². The molecule has 23 heavy (non-hydrogen) atoms. The third-order valence-electron chi connectivity index (χ3n) is 4.23. The fourth-order valence-electron chi connectivity index (χ4n) is 2.87. The zero-order chi connectivity index (χ0) is 17.0. The second kappa shape index (κ2) is 6.96. The number of hydrogen-bond donors (Lipinski definition) is 0. The Morgan fingerprint density at radius 2 is 2.09 bits per heavy atom. The van der Waals surface area contributed by atoms with Crippen molar-refractivity contribution in [1.29, 1.82) is 0 Å². The van der Waals surface area contributed by atoms with E-state index in [0.717, 1.165) is 5.56 Å². The zero-order valence-corrected chi connectivity index (χ0v) is 14.1. The van der Waals surface area contributed by atoms with Crippen molar-refractivity contribution in [2.45, 2.75) is 31.1 Å². The van der Waals surface area contributed by atoms with Crippen LogP contribution in [0, 0.1) is 0 Å². The van der Waals surface area contributed by atoms with E-state index in [9.17, 15) is 4.79 Å². The molecule has 0 aromatic heterocycles. The molecule has 5 nitrogen and oxygen atoms in total. The van der Waals surface area contributed by atoms with Crippen molar-refractivity contribution in [2.75, 3.05) is 21.3 Å². The minimum atomic E-state index is -1.07. The highest BCUT2D eigenvalue weighted by Gasteiger charge is 2.50. The van der Waals surface area contributed by atoms with Crippen LogP contribution in [0.3, 0.4) is 0 Å². The molecule has 0 aliphatic carbocycles. The largest absolute Gasteiger partial charge is 0.466 e. The van der Waals surface area contributed by atoms with Gasteiger partial charge in [0.25, 0.3) is 0 Å². The summed E-state index contributed by atoms with van der Waals surface area (Å²) in [5, 5.41) is 0. The number of esters is 1. The summed E-state index contributed by atoms with van der Waals surface area (Å²) in [5.74, 6) is 0.167. The molecule has 1 aliphatic heterocycles. The first-order valence-electron chi connectivity index (χ1n) is 7.54. The summed E-state index contributed by atoms with van der Waals surface area (Å²) in [6.45, 7) is 5.61. The summed E-state index contributed by atoms with van der Waals surface area (Å²) in [4.78, 5) is 12.2. The Hall–Kier alpha value is -2.14. The Labute approximate surface area is 137 Å². The maximum absolute atomic E-state index is 12.2. The van der Waals surface area contributed by atoms with Gasteiger partial charge >= 0.3 is 11.9 Å². The van der Waals surface area contributed by atoms with Crippen LogP contribution in [-0.4, -0.2) is 49.4 Å². The number of nitrogens with zero attached hydrogens (tertiary/aromatic N) is 1. The van der Waals surface area contributed by atoms with Crippen molar-refractivity contribution in [3.8, 4) is 0 Å². The minimum absolute atomic E-state index is 0.0517. The molecule has 1 aromatic rings. The van der Waals surface area contributed by atoms with Crippen LogP contribution in [0.4, 0.5) is 0 Å².